The number of hydrogen-bond donors (Lipinski definition) is 1. The molecule has 0 bridgehead atoms. The van der Waals surface area contributed by atoms with Crippen molar-refractivity contribution in [3.05, 3.63) is 0 Å². The highest BCUT2D eigenvalue weighted by molar-refractivity contribution is 7.99. The number of carbonyl (C=O) groups excluding carboxylic acids is 1. The highest BCUT2D eigenvalue weighted by Crippen LogP contribution is 2.22. The van der Waals surface area contributed by atoms with Crippen molar-refractivity contribution in [2.24, 2.45) is 0 Å². The van der Waals surface area contributed by atoms with Crippen molar-refractivity contribution < 1.29 is 18.0 Å². The third-order valence-corrected chi connectivity index (χ3v) is 3.97. The Hall–Kier alpha value is -0.430. The average Bonchev–Trinajstić information content (AvgIpc) is 2.80. The van der Waals surface area contributed by atoms with Gasteiger partial charge in [-0.05, 0) is 12.8 Å². The predicted octanol–water partition coefficient (Wildman–Crippen LogP) is 2.23. The zero-order chi connectivity index (χ0) is 13.8. The Morgan fingerprint density at radius 3 is 2.44 bits per heavy atom. The maximum Gasteiger partial charge on any atom is 0.406 e. The van der Waals surface area contributed by atoms with E-state index in [1.165, 1.54) is 11.8 Å². The molecule has 18 heavy (non-hydrogen) atoms. The molecule has 1 amide bonds. The molecule has 1 unspecified atom stereocenters. The van der Waals surface area contributed by atoms with Gasteiger partial charge in [-0.2, -0.15) is 13.2 Å². The number of nitrogens with one attached hydrogen (secondary N) is 1. The Balaban J connectivity index is 2.77. The number of thioether (sulfide) groups is 1. The van der Waals surface area contributed by atoms with E-state index in [1.54, 1.807) is 0 Å². The van der Waals surface area contributed by atoms with Crippen LogP contribution in [0.5, 0.6) is 0 Å². The van der Waals surface area contributed by atoms with Crippen LogP contribution in [-0.4, -0.2) is 47.2 Å². The highest BCUT2D eigenvalue weighted by atomic mass is 32.2. The first-order valence-corrected chi connectivity index (χ1v) is 7.22. The summed E-state index contributed by atoms with van der Waals surface area (Å²) in [5, 5.41) is 2.93. The number of carbonyl (C=O) groups is 1. The number of alkyl halides is 3. The van der Waals surface area contributed by atoms with Crippen molar-refractivity contribution in [3.63, 3.8) is 0 Å². The molecular formula is C11H19F3N2OS. The molecule has 1 fully saturated rings. The van der Waals surface area contributed by atoms with Crippen LogP contribution in [0.15, 0.2) is 0 Å². The lowest BCUT2D eigenvalue weighted by Crippen LogP contribution is -2.52. The molecule has 1 saturated heterocycles. The fraction of sp³-hybridized carbons (Fsp3) is 0.909. The summed E-state index contributed by atoms with van der Waals surface area (Å²) < 4.78 is 37.7. The Morgan fingerprint density at radius 1 is 1.44 bits per heavy atom. The summed E-state index contributed by atoms with van der Waals surface area (Å²) in [5.41, 5.74) is 0. The van der Waals surface area contributed by atoms with Gasteiger partial charge in [0.1, 0.15) is 6.54 Å². The number of hydrogen-bond acceptors (Lipinski definition) is 3. The van der Waals surface area contributed by atoms with Crippen LogP contribution in [0.25, 0.3) is 0 Å². The van der Waals surface area contributed by atoms with Crippen LogP contribution in [0.2, 0.25) is 0 Å². The van der Waals surface area contributed by atoms with Gasteiger partial charge < -0.3 is 4.90 Å². The van der Waals surface area contributed by atoms with Crippen molar-refractivity contribution in [1.29, 1.82) is 0 Å². The summed E-state index contributed by atoms with van der Waals surface area (Å²) in [6.07, 6.45) is -3.26. The van der Waals surface area contributed by atoms with Crippen molar-refractivity contribution in [2.45, 2.75) is 44.9 Å². The smallest absolute Gasteiger partial charge is 0.329 e. The van der Waals surface area contributed by atoms with Gasteiger partial charge in [0.15, 0.2) is 0 Å². The van der Waals surface area contributed by atoms with Crippen molar-refractivity contribution >= 4 is 17.7 Å². The summed E-state index contributed by atoms with van der Waals surface area (Å²) in [6.45, 7) is 2.46. The number of amides is 1. The maximum atomic E-state index is 12.6. The molecule has 1 atom stereocenters. The summed E-state index contributed by atoms with van der Waals surface area (Å²) >= 11 is 1.53. The van der Waals surface area contributed by atoms with Crippen molar-refractivity contribution in [3.8, 4) is 0 Å². The van der Waals surface area contributed by atoms with E-state index in [0.717, 1.165) is 4.90 Å². The molecule has 0 aliphatic carbocycles. The largest absolute Gasteiger partial charge is 0.406 e. The molecule has 0 spiro atoms. The summed E-state index contributed by atoms with van der Waals surface area (Å²) in [7, 11) is 0. The molecule has 3 nitrogen and oxygen atoms in total. The minimum absolute atomic E-state index is 0.341. The molecule has 7 heteroatoms. The van der Waals surface area contributed by atoms with Crippen LogP contribution in [-0.2, 0) is 4.79 Å². The lowest BCUT2D eigenvalue weighted by Gasteiger charge is -2.33. The molecule has 1 aliphatic rings. The molecular weight excluding hydrogens is 265 g/mol. The van der Waals surface area contributed by atoms with E-state index in [1.807, 2.05) is 13.8 Å². The zero-order valence-corrected chi connectivity index (χ0v) is 11.4. The van der Waals surface area contributed by atoms with Gasteiger partial charge in [0, 0.05) is 17.7 Å². The van der Waals surface area contributed by atoms with E-state index >= 15 is 0 Å². The summed E-state index contributed by atoms with van der Waals surface area (Å²) in [4.78, 5) is 13.1. The van der Waals surface area contributed by atoms with Gasteiger partial charge in [-0.1, -0.05) is 13.8 Å². The second-order valence-corrected chi connectivity index (χ2v) is 5.35. The monoisotopic (exact) mass is 284 g/mol. The SMILES string of the molecule is CCC(CC)N(CC(F)(F)F)C(=O)C1CSCN1. The van der Waals surface area contributed by atoms with Crippen LogP contribution in [0.1, 0.15) is 26.7 Å². The van der Waals surface area contributed by atoms with E-state index in [-0.39, 0.29) is 6.04 Å². The maximum absolute atomic E-state index is 12.6. The lowest BCUT2D eigenvalue weighted by atomic mass is 10.1. The quantitative estimate of drug-likeness (QED) is 0.840. The zero-order valence-electron chi connectivity index (χ0n) is 10.6. The van der Waals surface area contributed by atoms with E-state index in [4.69, 9.17) is 0 Å². The van der Waals surface area contributed by atoms with Crippen LogP contribution < -0.4 is 5.32 Å². The third kappa shape index (κ3) is 4.35. The Morgan fingerprint density at radius 2 is 2.06 bits per heavy atom. The molecule has 0 aromatic heterocycles. The predicted molar refractivity (Wildman–Crippen MR) is 66.4 cm³/mol. The number of nitrogens with zero attached hydrogens (tertiary/aromatic N) is 1. The minimum Gasteiger partial charge on any atom is -0.329 e. The van der Waals surface area contributed by atoms with Crippen LogP contribution >= 0.6 is 11.8 Å². The molecule has 0 aromatic carbocycles. The minimum atomic E-state index is -4.34. The van der Waals surface area contributed by atoms with Crippen LogP contribution in [0.3, 0.4) is 0 Å². The van der Waals surface area contributed by atoms with E-state index in [9.17, 15) is 18.0 Å². The Labute approximate surface area is 109 Å². The van der Waals surface area contributed by atoms with E-state index in [0.29, 0.717) is 24.5 Å². The first kappa shape index (κ1) is 15.6. The molecule has 1 N–H and O–H groups in total. The van der Waals surface area contributed by atoms with Gasteiger partial charge in [-0.25, -0.2) is 0 Å². The molecule has 0 radical (unpaired) electrons. The topological polar surface area (TPSA) is 32.3 Å². The first-order chi connectivity index (χ1) is 8.39. The second kappa shape index (κ2) is 6.65. The van der Waals surface area contributed by atoms with Crippen LogP contribution in [0, 0.1) is 0 Å². The summed E-state index contributed by atoms with van der Waals surface area (Å²) in [6, 6.07) is -0.815. The van der Waals surface area contributed by atoms with Gasteiger partial charge in [-0.15, -0.1) is 11.8 Å². The molecule has 1 rings (SSSR count). The van der Waals surface area contributed by atoms with Crippen molar-refractivity contribution in [1.82, 2.24) is 10.2 Å². The normalized spacial score (nSPS) is 20.4. The number of rotatable bonds is 5. The molecule has 106 valence electrons. The molecule has 0 saturated carbocycles. The molecule has 1 heterocycles. The molecule has 1 aliphatic heterocycles. The first-order valence-electron chi connectivity index (χ1n) is 6.07. The Bertz CT molecular complexity index is 276. The average molecular weight is 284 g/mol. The van der Waals surface area contributed by atoms with Crippen molar-refractivity contribution in [2.75, 3.05) is 18.2 Å². The highest BCUT2D eigenvalue weighted by Gasteiger charge is 2.38. The molecule has 0 aromatic rings. The van der Waals surface area contributed by atoms with Gasteiger partial charge in [0.25, 0.3) is 0 Å². The standard InChI is InChI=1S/C11H19F3N2OS/c1-3-8(4-2)16(6-11(12,13)14)10(17)9-5-18-7-15-9/h8-9,15H,3-7H2,1-2H3. The lowest BCUT2D eigenvalue weighted by molar-refractivity contribution is -0.167. The van der Waals surface area contributed by atoms with Crippen LogP contribution in [0.4, 0.5) is 13.2 Å². The van der Waals surface area contributed by atoms with Gasteiger partial charge in [0.05, 0.1) is 6.04 Å². The van der Waals surface area contributed by atoms with E-state index < -0.39 is 24.7 Å². The summed E-state index contributed by atoms with van der Waals surface area (Å²) in [5.74, 6) is 0.748. The van der Waals surface area contributed by atoms with Gasteiger partial charge >= 0.3 is 6.18 Å². The second-order valence-electron chi connectivity index (χ2n) is 4.32. The third-order valence-electron chi connectivity index (χ3n) is 3.03. The van der Waals surface area contributed by atoms with Gasteiger partial charge in [-0.3, -0.25) is 10.1 Å². The van der Waals surface area contributed by atoms with E-state index in [2.05, 4.69) is 5.32 Å². The number of halogens is 3. The van der Waals surface area contributed by atoms with Gasteiger partial charge in [0.2, 0.25) is 5.91 Å². The Kier molecular flexibility index (Phi) is 5.78. The fourth-order valence-corrected chi connectivity index (χ4v) is 3.00. The fourth-order valence-electron chi connectivity index (χ4n) is 2.06.